The molecule has 2 heterocycles. The summed E-state index contributed by atoms with van der Waals surface area (Å²) >= 11 is 3.53. The molecule has 2 aromatic heterocycles. The number of pyridine rings is 1. The molecule has 102 valence electrons. The van der Waals surface area contributed by atoms with Gasteiger partial charge in [-0.25, -0.2) is 0 Å². The van der Waals surface area contributed by atoms with Crippen LogP contribution >= 0.6 is 15.9 Å². The summed E-state index contributed by atoms with van der Waals surface area (Å²) in [6.45, 7) is 2.08. The monoisotopic (exact) mass is 330 g/mol. The maximum absolute atomic E-state index is 6.02. The van der Waals surface area contributed by atoms with Crippen molar-refractivity contribution in [1.29, 1.82) is 0 Å². The van der Waals surface area contributed by atoms with Crippen LogP contribution in [0.4, 0.5) is 0 Å². The van der Waals surface area contributed by atoms with E-state index in [4.69, 9.17) is 4.42 Å². The minimum atomic E-state index is 0.00278. The van der Waals surface area contributed by atoms with Gasteiger partial charge < -0.3 is 9.73 Å². The summed E-state index contributed by atoms with van der Waals surface area (Å²) in [4.78, 5) is 4.22. The molecule has 3 nitrogen and oxygen atoms in total. The molecule has 1 unspecified atom stereocenters. The van der Waals surface area contributed by atoms with Crippen LogP contribution in [0.5, 0.6) is 0 Å². The Morgan fingerprint density at radius 1 is 1.30 bits per heavy atom. The Bertz CT molecular complexity index is 751. The molecule has 0 aliphatic carbocycles. The van der Waals surface area contributed by atoms with Crippen molar-refractivity contribution >= 4 is 26.9 Å². The number of furan rings is 1. The zero-order chi connectivity index (χ0) is 14.1. The Balaban J connectivity index is 2.12. The Morgan fingerprint density at radius 3 is 2.85 bits per heavy atom. The van der Waals surface area contributed by atoms with E-state index in [9.17, 15) is 0 Å². The second kappa shape index (κ2) is 5.38. The molecule has 0 spiro atoms. The van der Waals surface area contributed by atoms with Gasteiger partial charge in [-0.15, -0.1) is 0 Å². The summed E-state index contributed by atoms with van der Waals surface area (Å²) in [5.41, 5.74) is 3.20. The summed E-state index contributed by atoms with van der Waals surface area (Å²) < 4.78 is 7.00. The van der Waals surface area contributed by atoms with E-state index in [1.165, 1.54) is 5.56 Å². The maximum Gasteiger partial charge on any atom is 0.148 e. The number of fused-ring (bicyclic) bond motifs is 1. The van der Waals surface area contributed by atoms with Crippen molar-refractivity contribution in [2.45, 2.75) is 13.0 Å². The van der Waals surface area contributed by atoms with Crippen molar-refractivity contribution in [3.63, 3.8) is 0 Å². The molecule has 0 radical (unpaired) electrons. The van der Waals surface area contributed by atoms with Gasteiger partial charge in [0.15, 0.2) is 0 Å². The number of nitrogens with zero attached hydrogens (tertiary/aromatic N) is 1. The third-order valence-corrected chi connectivity index (χ3v) is 4.10. The van der Waals surface area contributed by atoms with Gasteiger partial charge in [-0.2, -0.15) is 0 Å². The van der Waals surface area contributed by atoms with Gasteiger partial charge >= 0.3 is 0 Å². The van der Waals surface area contributed by atoms with E-state index in [1.54, 1.807) is 6.20 Å². The molecule has 3 rings (SSSR count). The molecular weight excluding hydrogens is 316 g/mol. The topological polar surface area (TPSA) is 38.1 Å². The number of halogens is 1. The van der Waals surface area contributed by atoms with Crippen LogP contribution in [0.1, 0.15) is 22.9 Å². The van der Waals surface area contributed by atoms with Gasteiger partial charge in [0.25, 0.3) is 0 Å². The fourth-order valence-corrected chi connectivity index (χ4v) is 2.88. The smallest absolute Gasteiger partial charge is 0.148 e. The second-order valence-electron chi connectivity index (χ2n) is 4.76. The molecule has 3 aromatic rings. The number of benzene rings is 1. The number of nitrogens with one attached hydrogen (secondary N) is 1. The first kappa shape index (κ1) is 13.3. The largest absolute Gasteiger partial charge is 0.458 e. The molecule has 0 saturated carbocycles. The summed E-state index contributed by atoms with van der Waals surface area (Å²) in [5, 5.41) is 4.40. The summed E-state index contributed by atoms with van der Waals surface area (Å²) in [6.07, 6.45) is 3.69. The fraction of sp³-hybridized carbons (Fsp3) is 0.188. The molecule has 1 N–H and O–H groups in total. The zero-order valence-corrected chi connectivity index (χ0v) is 12.9. The highest BCUT2D eigenvalue weighted by Crippen LogP contribution is 2.32. The Morgan fingerprint density at radius 2 is 2.15 bits per heavy atom. The number of hydrogen-bond acceptors (Lipinski definition) is 3. The van der Waals surface area contributed by atoms with Crippen molar-refractivity contribution in [3.05, 3.63) is 64.1 Å². The van der Waals surface area contributed by atoms with E-state index < -0.39 is 0 Å². The van der Waals surface area contributed by atoms with Crippen LogP contribution in [0.3, 0.4) is 0 Å². The lowest BCUT2D eigenvalue weighted by molar-refractivity contribution is 0.489. The Kier molecular flexibility index (Phi) is 3.59. The Labute approximate surface area is 126 Å². The number of para-hydroxylation sites is 1. The number of hydrogen-bond donors (Lipinski definition) is 1. The third kappa shape index (κ3) is 2.25. The summed E-state index contributed by atoms with van der Waals surface area (Å²) in [5.74, 6) is 0.894. The van der Waals surface area contributed by atoms with E-state index in [2.05, 4.69) is 45.3 Å². The van der Waals surface area contributed by atoms with Gasteiger partial charge in [0.1, 0.15) is 11.3 Å². The molecule has 4 heteroatoms. The molecule has 1 atom stereocenters. The second-order valence-corrected chi connectivity index (χ2v) is 5.62. The molecule has 0 amide bonds. The molecule has 1 aromatic carbocycles. The van der Waals surface area contributed by atoms with E-state index in [-0.39, 0.29) is 6.04 Å². The van der Waals surface area contributed by atoms with Gasteiger partial charge in [0, 0.05) is 17.8 Å². The van der Waals surface area contributed by atoms with Crippen molar-refractivity contribution in [3.8, 4) is 0 Å². The number of rotatable bonds is 3. The van der Waals surface area contributed by atoms with Crippen LogP contribution in [0, 0.1) is 6.92 Å². The minimum Gasteiger partial charge on any atom is -0.458 e. The van der Waals surface area contributed by atoms with Crippen molar-refractivity contribution < 1.29 is 4.42 Å². The van der Waals surface area contributed by atoms with Gasteiger partial charge in [-0.3, -0.25) is 4.98 Å². The third-order valence-electron chi connectivity index (χ3n) is 3.48. The van der Waals surface area contributed by atoms with Crippen LogP contribution in [0.25, 0.3) is 11.0 Å². The first-order valence-electron chi connectivity index (χ1n) is 6.46. The predicted molar refractivity (Wildman–Crippen MR) is 83.8 cm³/mol. The lowest BCUT2D eigenvalue weighted by Crippen LogP contribution is -2.18. The van der Waals surface area contributed by atoms with E-state index in [0.29, 0.717) is 0 Å². The molecular formula is C16H15BrN2O. The van der Waals surface area contributed by atoms with E-state index in [1.807, 2.05) is 31.4 Å². The van der Waals surface area contributed by atoms with Crippen molar-refractivity contribution in [2.24, 2.45) is 0 Å². The average Bonchev–Trinajstić information content (AvgIpc) is 2.87. The van der Waals surface area contributed by atoms with Gasteiger partial charge in [0.05, 0.1) is 10.5 Å². The molecule has 0 saturated heterocycles. The lowest BCUT2D eigenvalue weighted by Gasteiger charge is -2.15. The maximum atomic E-state index is 6.02. The highest BCUT2D eigenvalue weighted by Gasteiger charge is 2.19. The fourth-order valence-electron chi connectivity index (χ4n) is 2.42. The normalized spacial score (nSPS) is 12.8. The standard InChI is InChI=1S/C16H15BrN2O/c1-10-6-7-19-9-12(10)15(18-2)14-8-11-4-3-5-13(17)16(11)20-14/h3-9,15,18H,1-2H3. The number of aryl methyl sites for hydroxylation is 1. The van der Waals surface area contributed by atoms with E-state index >= 15 is 0 Å². The molecule has 0 aliphatic heterocycles. The highest BCUT2D eigenvalue weighted by molar-refractivity contribution is 9.10. The van der Waals surface area contributed by atoms with Crippen LogP contribution < -0.4 is 5.32 Å². The first-order chi connectivity index (χ1) is 9.70. The van der Waals surface area contributed by atoms with Crippen LogP contribution in [-0.4, -0.2) is 12.0 Å². The van der Waals surface area contributed by atoms with Crippen molar-refractivity contribution in [2.75, 3.05) is 7.05 Å². The Hall–Kier alpha value is -1.65. The van der Waals surface area contributed by atoms with Crippen LogP contribution in [0.2, 0.25) is 0 Å². The molecule has 0 bridgehead atoms. The number of aromatic nitrogens is 1. The zero-order valence-electron chi connectivity index (χ0n) is 11.4. The van der Waals surface area contributed by atoms with Gasteiger partial charge in [-0.05, 0) is 59.2 Å². The van der Waals surface area contributed by atoms with Crippen LogP contribution in [0.15, 0.2) is 51.6 Å². The van der Waals surface area contributed by atoms with Crippen molar-refractivity contribution in [1.82, 2.24) is 10.3 Å². The van der Waals surface area contributed by atoms with Gasteiger partial charge in [0.2, 0.25) is 0 Å². The van der Waals surface area contributed by atoms with Crippen LogP contribution in [-0.2, 0) is 0 Å². The molecule has 20 heavy (non-hydrogen) atoms. The highest BCUT2D eigenvalue weighted by atomic mass is 79.9. The quantitative estimate of drug-likeness (QED) is 0.781. The lowest BCUT2D eigenvalue weighted by atomic mass is 10.0. The first-order valence-corrected chi connectivity index (χ1v) is 7.25. The predicted octanol–water partition coefficient (Wildman–Crippen LogP) is 4.21. The summed E-state index contributed by atoms with van der Waals surface area (Å²) in [7, 11) is 1.93. The van der Waals surface area contributed by atoms with Gasteiger partial charge in [-0.1, -0.05) is 12.1 Å². The molecule has 0 fully saturated rings. The average molecular weight is 331 g/mol. The van der Waals surface area contributed by atoms with E-state index in [0.717, 1.165) is 26.8 Å². The minimum absolute atomic E-state index is 0.00278. The molecule has 0 aliphatic rings. The summed E-state index contributed by atoms with van der Waals surface area (Å²) in [6, 6.07) is 10.1. The SMILES string of the molecule is CNC(c1cc2cccc(Br)c2o1)c1cnccc1C.